The molecule has 3 nitrogen and oxygen atoms in total. The van der Waals surface area contributed by atoms with Crippen LogP contribution >= 0.6 is 11.8 Å². The number of amides is 1. The Morgan fingerprint density at radius 1 is 1.12 bits per heavy atom. The van der Waals surface area contributed by atoms with Gasteiger partial charge in [-0.3, -0.25) is 4.79 Å². The van der Waals surface area contributed by atoms with E-state index in [0.29, 0.717) is 22.4 Å². The number of carbonyl (C=O) groups excluding carboxylic acids is 1. The fourth-order valence-corrected chi connectivity index (χ4v) is 4.31. The zero-order chi connectivity index (χ0) is 12.4. The molecule has 0 radical (unpaired) electrons. The van der Waals surface area contributed by atoms with Crippen LogP contribution < -0.4 is 5.73 Å². The second-order valence-corrected chi connectivity index (χ2v) is 7.49. The summed E-state index contributed by atoms with van der Waals surface area (Å²) in [5.41, 5.74) is 5.89. The molecule has 2 unspecified atom stereocenters. The summed E-state index contributed by atoms with van der Waals surface area (Å²) in [6.45, 7) is 6.29. The number of nitrogens with two attached hydrogens (primary N) is 1. The van der Waals surface area contributed by atoms with E-state index in [1.54, 1.807) is 0 Å². The van der Waals surface area contributed by atoms with Crippen LogP contribution in [0.4, 0.5) is 0 Å². The van der Waals surface area contributed by atoms with E-state index < -0.39 is 0 Å². The predicted molar refractivity (Wildman–Crippen MR) is 73.0 cm³/mol. The molecule has 1 saturated heterocycles. The minimum absolute atomic E-state index is 0.247. The molecule has 1 saturated carbocycles. The average molecular weight is 256 g/mol. The molecule has 4 heteroatoms. The largest absolute Gasteiger partial charge is 0.340 e. The summed E-state index contributed by atoms with van der Waals surface area (Å²) in [7, 11) is 0. The van der Waals surface area contributed by atoms with Gasteiger partial charge in [0.2, 0.25) is 5.91 Å². The van der Waals surface area contributed by atoms with Crippen molar-refractivity contribution in [1.82, 2.24) is 4.90 Å². The van der Waals surface area contributed by atoms with Gasteiger partial charge in [0.05, 0.1) is 0 Å². The van der Waals surface area contributed by atoms with Gasteiger partial charge in [-0.15, -0.1) is 0 Å². The summed E-state index contributed by atoms with van der Waals surface area (Å²) in [6, 6.07) is 0.328. The highest BCUT2D eigenvalue weighted by atomic mass is 32.2. The molecule has 2 rings (SSSR count). The van der Waals surface area contributed by atoms with Gasteiger partial charge >= 0.3 is 0 Å². The first-order valence-corrected chi connectivity index (χ1v) is 7.70. The van der Waals surface area contributed by atoms with Gasteiger partial charge in [-0.05, 0) is 25.7 Å². The highest BCUT2D eigenvalue weighted by Crippen LogP contribution is 2.29. The van der Waals surface area contributed by atoms with Crippen molar-refractivity contribution in [3.8, 4) is 0 Å². The van der Waals surface area contributed by atoms with Crippen LogP contribution in [0.3, 0.4) is 0 Å². The fourth-order valence-electron chi connectivity index (χ4n) is 2.98. The van der Waals surface area contributed by atoms with Crippen LogP contribution in [0.1, 0.15) is 39.5 Å². The van der Waals surface area contributed by atoms with E-state index in [9.17, 15) is 4.79 Å². The van der Waals surface area contributed by atoms with Crippen LogP contribution in [0.25, 0.3) is 0 Å². The van der Waals surface area contributed by atoms with Gasteiger partial charge in [0.1, 0.15) is 0 Å². The van der Waals surface area contributed by atoms with Crippen molar-refractivity contribution < 1.29 is 4.79 Å². The van der Waals surface area contributed by atoms with Gasteiger partial charge in [0, 0.05) is 35.5 Å². The van der Waals surface area contributed by atoms with E-state index in [4.69, 9.17) is 5.73 Å². The predicted octanol–water partition coefficient (Wildman–Crippen LogP) is 1.86. The van der Waals surface area contributed by atoms with Crippen molar-refractivity contribution in [1.29, 1.82) is 0 Å². The number of hydrogen-bond acceptors (Lipinski definition) is 3. The van der Waals surface area contributed by atoms with Gasteiger partial charge in [0.25, 0.3) is 0 Å². The van der Waals surface area contributed by atoms with Crippen molar-refractivity contribution in [2.45, 2.75) is 56.1 Å². The van der Waals surface area contributed by atoms with Crippen molar-refractivity contribution in [3.63, 3.8) is 0 Å². The second kappa shape index (κ2) is 5.61. The van der Waals surface area contributed by atoms with Crippen molar-refractivity contribution in [2.24, 2.45) is 11.7 Å². The molecule has 2 fully saturated rings. The third-order valence-corrected chi connectivity index (χ3v) is 5.08. The smallest absolute Gasteiger partial charge is 0.225 e. The zero-order valence-electron chi connectivity index (χ0n) is 10.9. The topological polar surface area (TPSA) is 46.3 Å². The molecule has 1 aliphatic carbocycles. The van der Waals surface area contributed by atoms with Gasteiger partial charge in [-0.1, -0.05) is 13.8 Å². The minimum Gasteiger partial charge on any atom is -0.340 e. The molecule has 0 aromatic rings. The van der Waals surface area contributed by atoms with Gasteiger partial charge < -0.3 is 10.6 Å². The Morgan fingerprint density at radius 3 is 2.18 bits per heavy atom. The van der Waals surface area contributed by atoms with E-state index in [1.807, 2.05) is 11.8 Å². The van der Waals surface area contributed by atoms with E-state index in [2.05, 4.69) is 18.7 Å². The Bertz CT molecular complexity index is 267. The summed E-state index contributed by atoms with van der Waals surface area (Å²) in [5.74, 6) is 0.633. The molecule has 0 bridgehead atoms. The molecule has 2 N–H and O–H groups in total. The van der Waals surface area contributed by atoms with E-state index >= 15 is 0 Å². The molecular formula is C13H24N2OS. The summed E-state index contributed by atoms with van der Waals surface area (Å²) >= 11 is 2.00. The Hall–Kier alpha value is -0.220. The molecule has 17 heavy (non-hydrogen) atoms. The van der Waals surface area contributed by atoms with E-state index in [0.717, 1.165) is 38.8 Å². The molecule has 1 heterocycles. The maximum Gasteiger partial charge on any atom is 0.225 e. The lowest BCUT2D eigenvalue weighted by Gasteiger charge is -2.37. The average Bonchev–Trinajstić information content (AvgIpc) is 2.28. The van der Waals surface area contributed by atoms with Crippen LogP contribution in [0, 0.1) is 5.92 Å². The molecule has 2 aliphatic rings. The molecule has 1 aliphatic heterocycles. The van der Waals surface area contributed by atoms with Crippen LogP contribution in [0.5, 0.6) is 0 Å². The number of nitrogens with zero attached hydrogens (tertiary/aromatic N) is 1. The van der Waals surface area contributed by atoms with E-state index in [-0.39, 0.29) is 5.92 Å². The maximum atomic E-state index is 12.4. The lowest BCUT2D eigenvalue weighted by atomic mass is 9.85. The quantitative estimate of drug-likeness (QED) is 0.779. The van der Waals surface area contributed by atoms with Gasteiger partial charge in [-0.25, -0.2) is 0 Å². The Kier molecular flexibility index (Phi) is 4.36. The maximum absolute atomic E-state index is 12.4. The second-order valence-electron chi connectivity index (χ2n) is 5.61. The fraction of sp³-hybridized carbons (Fsp3) is 0.923. The van der Waals surface area contributed by atoms with Crippen molar-refractivity contribution >= 4 is 17.7 Å². The molecule has 1 amide bonds. The summed E-state index contributed by atoms with van der Waals surface area (Å²) < 4.78 is 0. The third-order valence-electron chi connectivity index (χ3n) is 3.85. The molecular weight excluding hydrogens is 232 g/mol. The Balaban J connectivity index is 1.90. The lowest BCUT2D eigenvalue weighted by molar-refractivity contribution is -0.136. The number of hydrogen-bond donors (Lipinski definition) is 1. The first-order valence-electron chi connectivity index (χ1n) is 6.76. The van der Waals surface area contributed by atoms with Crippen LogP contribution in [-0.2, 0) is 4.79 Å². The molecule has 98 valence electrons. The first kappa shape index (κ1) is 13.2. The molecule has 0 aromatic heterocycles. The Labute approximate surface area is 108 Å². The zero-order valence-corrected chi connectivity index (χ0v) is 11.7. The molecule has 0 aromatic carbocycles. The van der Waals surface area contributed by atoms with Crippen LogP contribution in [0.15, 0.2) is 0 Å². The third kappa shape index (κ3) is 3.38. The molecule has 2 atom stereocenters. The van der Waals surface area contributed by atoms with Gasteiger partial charge in [-0.2, -0.15) is 11.8 Å². The van der Waals surface area contributed by atoms with Crippen LogP contribution in [-0.4, -0.2) is 40.4 Å². The SMILES string of the molecule is CC1CN(C(=O)C2CCC(N)CC2)CC(C)S1. The van der Waals surface area contributed by atoms with Crippen LogP contribution in [0.2, 0.25) is 0 Å². The van der Waals surface area contributed by atoms with Gasteiger partial charge in [0.15, 0.2) is 0 Å². The summed E-state index contributed by atoms with van der Waals surface area (Å²) in [4.78, 5) is 14.5. The summed E-state index contributed by atoms with van der Waals surface area (Å²) in [6.07, 6.45) is 4.02. The normalized spacial score (nSPS) is 39.1. The van der Waals surface area contributed by atoms with Crippen molar-refractivity contribution in [2.75, 3.05) is 13.1 Å². The highest BCUT2D eigenvalue weighted by molar-refractivity contribution is 8.00. The Morgan fingerprint density at radius 2 is 1.65 bits per heavy atom. The standard InChI is InChI=1S/C13H24N2OS/c1-9-7-15(8-10(2)17-9)13(16)11-3-5-12(14)6-4-11/h9-12H,3-8,14H2,1-2H3. The number of rotatable bonds is 1. The van der Waals surface area contributed by atoms with E-state index in [1.165, 1.54) is 0 Å². The lowest BCUT2D eigenvalue weighted by Crippen LogP contribution is -2.47. The highest BCUT2D eigenvalue weighted by Gasteiger charge is 2.32. The monoisotopic (exact) mass is 256 g/mol. The summed E-state index contributed by atoms with van der Waals surface area (Å²) in [5, 5.41) is 1.15. The number of carbonyl (C=O) groups is 1. The first-order chi connectivity index (χ1) is 8.06. The molecule has 0 spiro atoms. The number of thioether (sulfide) groups is 1. The van der Waals surface area contributed by atoms with Crippen molar-refractivity contribution in [3.05, 3.63) is 0 Å². The minimum atomic E-state index is 0.247.